The zero-order chi connectivity index (χ0) is 27.2. The highest BCUT2D eigenvalue weighted by Crippen LogP contribution is 2.31. The molecule has 1 aliphatic heterocycles. The van der Waals surface area contributed by atoms with Crippen molar-refractivity contribution in [2.45, 2.75) is 37.1 Å². The minimum Gasteiger partial charge on any atom is -0.361 e. The summed E-state index contributed by atoms with van der Waals surface area (Å²) in [7, 11) is -3.49. The van der Waals surface area contributed by atoms with Crippen LogP contribution in [-0.2, 0) is 10.0 Å². The molecule has 1 fully saturated rings. The van der Waals surface area contributed by atoms with Crippen molar-refractivity contribution in [2.75, 3.05) is 25.0 Å². The summed E-state index contributed by atoms with van der Waals surface area (Å²) in [6.45, 7) is 4.63. The number of piperidine rings is 1. The maximum absolute atomic E-state index is 12.6. The summed E-state index contributed by atoms with van der Waals surface area (Å²) in [5.41, 5.74) is 5.23. The molecule has 39 heavy (non-hydrogen) atoms. The van der Waals surface area contributed by atoms with Crippen molar-refractivity contribution in [3.05, 3.63) is 89.9 Å². The number of nitrogens with one attached hydrogen (secondary N) is 3. The van der Waals surface area contributed by atoms with Gasteiger partial charge in [0.25, 0.3) is 0 Å². The van der Waals surface area contributed by atoms with Crippen LogP contribution in [0.25, 0.3) is 17.0 Å². The second-order valence-electron chi connectivity index (χ2n) is 9.81. The molecule has 0 saturated carbocycles. The summed E-state index contributed by atoms with van der Waals surface area (Å²) in [4.78, 5) is 10.2. The molecule has 9 heteroatoms. The number of nitrogens with zero attached hydrogens (tertiary/aromatic N) is 3. The van der Waals surface area contributed by atoms with Crippen molar-refractivity contribution in [3.63, 3.8) is 0 Å². The van der Waals surface area contributed by atoms with Crippen LogP contribution in [0.5, 0.6) is 0 Å². The van der Waals surface area contributed by atoms with Gasteiger partial charge in [-0.05, 0) is 75.2 Å². The predicted octanol–water partition coefficient (Wildman–Crippen LogP) is 5.33. The van der Waals surface area contributed by atoms with Gasteiger partial charge in [-0.25, -0.2) is 13.1 Å². The molecule has 2 aromatic heterocycles. The lowest BCUT2D eigenvalue weighted by Gasteiger charge is -2.31. The first-order valence-corrected chi connectivity index (χ1v) is 14.6. The number of nitriles is 1. The van der Waals surface area contributed by atoms with E-state index < -0.39 is 10.0 Å². The second kappa shape index (κ2) is 11.8. The van der Waals surface area contributed by atoms with Crippen molar-refractivity contribution in [2.24, 2.45) is 0 Å². The van der Waals surface area contributed by atoms with Crippen LogP contribution in [0.15, 0.2) is 78.1 Å². The Kier molecular flexibility index (Phi) is 8.07. The summed E-state index contributed by atoms with van der Waals surface area (Å²) in [6.07, 6.45) is 11.8. The summed E-state index contributed by atoms with van der Waals surface area (Å²) in [5.74, 6) is 0. The molecular formula is C30H32N6O2S. The van der Waals surface area contributed by atoms with Crippen LogP contribution in [0.1, 0.15) is 36.0 Å². The van der Waals surface area contributed by atoms with Gasteiger partial charge in [-0.2, -0.15) is 5.26 Å². The summed E-state index contributed by atoms with van der Waals surface area (Å²) in [6, 6.07) is 16.8. The third-order valence-corrected chi connectivity index (χ3v) is 8.77. The van der Waals surface area contributed by atoms with E-state index in [1.807, 2.05) is 30.5 Å². The van der Waals surface area contributed by atoms with E-state index in [1.54, 1.807) is 36.7 Å². The van der Waals surface area contributed by atoms with Crippen LogP contribution in [0.2, 0.25) is 0 Å². The fourth-order valence-corrected chi connectivity index (χ4v) is 6.34. The third-order valence-electron chi connectivity index (χ3n) is 7.23. The molecule has 1 saturated heterocycles. The average molecular weight is 541 g/mol. The molecule has 3 heterocycles. The highest BCUT2D eigenvalue weighted by atomic mass is 32.2. The smallest absolute Gasteiger partial charge is 0.240 e. The molecule has 8 nitrogen and oxygen atoms in total. The Balaban J connectivity index is 1.17. The van der Waals surface area contributed by atoms with E-state index in [2.05, 4.69) is 50.0 Å². The molecule has 3 N–H and O–H groups in total. The molecule has 0 spiro atoms. The number of benzene rings is 2. The Morgan fingerprint density at radius 1 is 1.13 bits per heavy atom. The van der Waals surface area contributed by atoms with E-state index in [1.165, 1.54) is 0 Å². The van der Waals surface area contributed by atoms with Gasteiger partial charge < -0.3 is 15.2 Å². The topological polar surface area (TPSA) is 114 Å². The van der Waals surface area contributed by atoms with Crippen molar-refractivity contribution >= 4 is 38.4 Å². The summed E-state index contributed by atoms with van der Waals surface area (Å²) in [5, 5.41) is 14.3. The number of hydrogen-bond donors (Lipinski definition) is 3. The van der Waals surface area contributed by atoms with Crippen molar-refractivity contribution < 1.29 is 8.42 Å². The number of H-pyrrole nitrogens is 1. The van der Waals surface area contributed by atoms with E-state index in [9.17, 15) is 13.7 Å². The minimum atomic E-state index is -3.49. The zero-order valence-corrected chi connectivity index (χ0v) is 22.7. The molecule has 0 unspecified atom stereocenters. The van der Waals surface area contributed by atoms with Crippen LogP contribution < -0.4 is 10.0 Å². The number of fused-ring (bicyclic) bond motifs is 1. The van der Waals surface area contributed by atoms with Gasteiger partial charge in [-0.15, -0.1) is 0 Å². The monoisotopic (exact) mass is 540 g/mol. The predicted molar refractivity (Wildman–Crippen MR) is 155 cm³/mol. The SMILES string of the molecule is Cc1c(Nc2c(C#N)cncc2/C=C/CCN2CCC(NS(=O)(=O)c3ccccc3)CC2)ccc2[nH]ccc12. The van der Waals surface area contributed by atoms with Crippen molar-refractivity contribution in [3.8, 4) is 6.07 Å². The Morgan fingerprint density at radius 2 is 1.92 bits per heavy atom. The summed E-state index contributed by atoms with van der Waals surface area (Å²) < 4.78 is 28.1. The van der Waals surface area contributed by atoms with Gasteiger partial charge in [0.2, 0.25) is 10.0 Å². The quantitative estimate of drug-likeness (QED) is 0.264. The average Bonchev–Trinajstić information content (AvgIpc) is 3.44. The van der Waals surface area contributed by atoms with Crippen molar-refractivity contribution in [1.82, 2.24) is 19.6 Å². The van der Waals surface area contributed by atoms with Crippen LogP contribution in [-0.4, -0.2) is 49.0 Å². The Morgan fingerprint density at radius 3 is 2.69 bits per heavy atom. The van der Waals surface area contributed by atoms with Gasteiger partial charge in [-0.1, -0.05) is 30.4 Å². The summed E-state index contributed by atoms with van der Waals surface area (Å²) >= 11 is 0. The number of sulfonamides is 1. The molecule has 5 rings (SSSR count). The van der Waals surface area contributed by atoms with E-state index in [4.69, 9.17) is 0 Å². The first-order valence-electron chi connectivity index (χ1n) is 13.1. The molecule has 4 aromatic rings. The molecule has 2 aromatic carbocycles. The number of hydrogen-bond acceptors (Lipinski definition) is 6. The maximum Gasteiger partial charge on any atom is 0.240 e. The molecule has 0 bridgehead atoms. The lowest BCUT2D eigenvalue weighted by atomic mass is 10.1. The van der Waals surface area contributed by atoms with Crippen LogP contribution in [0.4, 0.5) is 11.4 Å². The number of rotatable bonds is 9. The number of aromatic amines is 1. The van der Waals surface area contributed by atoms with Crippen LogP contribution in [0.3, 0.4) is 0 Å². The van der Waals surface area contributed by atoms with Gasteiger partial charge in [0.05, 0.1) is 16.1 Å². The zero-order valence-electron chi connectivity index (χ0n) is 21.9. The van der Waals surface area contributed by atoms with E-state index >= 15 is 0 Å². The minimum absolute atomic E-state index is 0.0515. The van der Waals surface area contributed by atoms with E-state index in [0.717, 1.165) is 72.3 Å². The first kappa shape index (κ1) is 26.6. The number of likely N-dealkylation sites (tertiary alicyclic amines) is 1. The Bertz CT molecular complexity index is 1610. The molecule has 1 aliphatic rings. The van der Waals surface area contributed by atoms with E-state index in [-0.39, 0.29) is 6.04 Å². The van der Waals surface area contributed by atoms with Gasteiger partial charge in [0, 0.05) is 53.3 Å². The second-order valence-corrected chi connectivity index (χ2v) is 11.5. The van der Waals surface area contributed by atoms with Gasteiger partial charge in [-0.3, -0.25) is 4.98 Å². The fourth-order valence-electron chi connectivity index (χ4n) is 5.01. The highest BCUT2D eigenvalue weighted by molar-refractivity contribution is 7.89. The Hall–Kier alpha value is -3.97. The lowest BCUT2D eigenvalue weighted by Crippen LogP contribution is -2.44. The molecule has 0 radical (unpaired) electrons. The van der Waals surface area contributed by atoms with Gasteiger partial charge in [0.15, 0.2) is 0 Å². The van der Waals surface area contributed by atoms with Gasteiger partial charge in [0.1, 0.15) is 6.07 Å². The Labute approximate surface area is 229 Å². The van der Waals surface area contributed by atoms with Gasteiger partial charge >= 0.3 is 0 Å². The molecular weight excluding hydrogens is 508 g/mol. The fraction of sp³-hybridized carbons (Fsp3) is 0.267. The maximum atomic E-state index is 12.6. The molecule has 0 aliphatic carbocycles. The number of aryl methyl sites for hydroxylation is 1. The number of pyridine rings is 1. The number of anilines is 2. The van der Waals surface area contributed by atoms with Crippen molar-refractivity contribution in [1.29, 1.82) is 5.26 Å². The van der Waals surface area contributed by atoms with E-state index in [0.29, 0.717) is 10.5 Å². The first-order chi connectivity index (χ1) is 18.9. The standard InChI is InChI=1S/C30H32N6O2S/c1-22-27-12-15-33-29(27)11-10-28(22)34-30-23(20-32-21-24(30)19-31)7-5-6-16-36-17-13-25(14-18-36)35-39(37,38)26-8-3-2-4-9-26/h2-5,7-12,15,20-21,25,33,35H,6,13-14,16-18H2,1H3,(H,32,34)/b7-5+. The largest absolute Gasteiger partial charge is 0.361 e. The van der Waals surface area contributed by atoms with Crippen LogP contribution in [0, 0.1) is 18.3 Å². The normalized spacial score (nSPS) is 15.1. The number of aromatic nitrogens is 2. The lowest BCUT2D eigenvalue weighted by molar-refractivity contribution is 0.211. The molecule has 0 amide bonds. The molecule has 0 atom stereocenters. The molecule has 200 valence electrons. The third kappa shape index (κ3) is 6.20. The van der Waals surface area contributed by atoms with Crippen LogP contribution >= 0.6 is 0 Å². The highest BCUT2D eigenvalue weighted by Gasteiger charge is 2.24.